The van der Waals surface area contributed by atoms with Crippen LogP contribution in [0.4, 0.5) is 11.8 Å². The summed E-state index contributed by atoms with van der Waals surface area (Å²) in [5.74, 6) is 1.43. The minimum absolute atomic E-state index is 0.000833. The van der Waals surface area contributed by atoms with Gasteiger partial charge in [0.1, 0.15) is 5.82 Å². The van der Waals surface area contributed by atoms with Gasteiger partial charge in [0.15, 0.2) is 0 Å². The number of aromatic amines is 1. The lowest BCUT2D eigenvalue weighted by Gasteiger charge is -2.22. The molecule has 5 heteroatoms. The van der Waals surface area contributed by atoms with Crippen LogP contribution in [0.1, 0.15) is 25.8 Å². The van der Waals surface area contributed by atoms with E-state index in [9.17, 15) is 4.79 Å². The average Bonchev–Trinajstić information content (AvgIpc) is 2.31. The molecule has 1 aliphatic heterocycles. The van der Waals surface area contributed by atoms with Crippen LogP contribution in [0.3, 0.4) is 0 Å². The SMILES string of the molecule is CCN(CC)c1nc2c(c(=O)[nH]1)CCCN2. The lowest BCUT2D eigenvalue weighted by atomic mass is 10.1. The number of rotatable bonds is 3. The third-order valence-electron chi connectivity index (χ3n) is 2.96. The smallest absolute Gasteiger partial charge is 0.257 e. The van der Waals surface area contributed by atoms with Gasteiger partial charge in [-0.25, -0.2) is 0 Å². The second kappa shape index (κ2) is 4.55. The van der Waals surface area contributed by atoms with E-state index < -0.39 is 0 Å². The predicted octanol–water partition coefficient (Wildman–Crippen LogP) is 0.974. The Labute approximate surface area is 94.9 Å². The lowest BCUT2D eigenvalue weighted by molar-refractivity contribution is 0.771. The molecule has 2 heterocycles. The first kappa shape index (κ1) is 11.0. The summed E-state index contributed by atoms with van der Waals surface area (Å²) in [4.78, 5) is 21.2. The number of aromatic nitrogens is 2. The lowest BCUT2D eigenvalue weighted by Crippen LogP contribution is -2.30. The van der Waals surface area contributed by atoms with Gasteiger partial charge in [0.05, 0.1) is 5.56 Å². The van der Waals surface area contributed by atoms with Gasteiger partial charge in [-0.3, -0.25) is 9.78 Å². The molecular weight excluding hydrogens is 204 g/mol. The Morgan fingerprint density at radius 1 is 1.38 bits per heavy atom. The maximum Gasteiger partial charge on any atom is 0.257 e. The van der Waals surface area contributed by atoms with E-state index >= 15 is 0 Å². The Morgan fingerprint density at radius 3 is 2.81 bits per heavy atom. The van der Waals surface area contributed by atoms with Crippen molar-refractivity contribution in [1.82, 2.24) is 9.97 Å². The Balaban J connectivity index is 2.42. The van der Waals surface area contributed by atoms with Gasteiger partial charge in [-0.1, -0.05) is 0 Å². The molecule has 0 radical (unpaired) electrons. The van der Waals surface area contributed by atoms with Gasteiger partial charge in [-0.05, 0) is 26.7 Å². The van der Waals surface area contributed by atoms with E-state index in [1.54, 1.807) is 0 Å². The van der Waals surface area contributed by atoms with Crippen LogP contribution < -0.4 is 15.8 Å². The Morgan fingerprint density at radius 2 is 2.12 bits per heavy atom. The fraction of sp³-hybridized carbons (Fsp3) is 0.636. The Bertz CT molecular complexity index is 422. The van der Waals surface area contributed by atoms with Crippen molar-refractivity contribution in [3.8, 4) is 0 Å². The normalized spacial score (nSPS) is 14.1. The third-order valence-corrected chi connectivity index (χ3v) is 2.96. The molecule has 0 saturated heterocycles. The second-order valence-corrected chi connectivity index (χ2v) is 3.92. The highest BCUT2D eigenvalue weighted by Gasteiger charge is 2.16. The van der Waals surface area contributed by atoms with Crippen molar-refractivity contribution in [2.24, 2.45) is 0 Å². The highest BCUT2D eigenvalue weighted by atomic mass is 16.1. The van der Waals surface area contributed by atoms with Gasteiger partial charge in [0.2, 0.25) is 5.95 Å². The van der Waals surface area contributed by atoms with Crippen molar-refractivity contribution in [2.75, 3.05) is 29.9 Å². The number of nitrogens with zero attached hydrogens (tertiary/aromatic N) is 2. The molecule has 0 amide bonds. The molecule has 0 saturated carbocycles. The van der Waals surface area contributed by atoms with E-state index in [-0.39, 0.29) is 5.56 Å². The van der Waals surface area contributed by atoms with Crippen molar-refractivity contribution in [2.45, 2.75) is 26.7 Å². The van der Waals surface area contributed by atoms with Gasteiger partial charge >= 0.3 is 0 Å². The molecule has 0 spiro atoms. The van der Waals surface area contributed by atoms with Crippen molar-refractivity contribution >= 4 is 11.8 Å². The minimum atomic E-state index is -0.000833. The molecule has 0 bridgehead atoms. The molecule has 0 aromatic carbocycles. The van der Waals surface area contributed by atoms with E-state index in [1.165, 1.54) is 0 Å². The number of fused-ring (bicyclic) bond motifs is 1. The monoisotopic (exact) mass is 222 g/mol. The molecule has 1 aliphatic rings. The van der Waals surface area contributed by atoms with Crippen LogP contribution in [0.2, 0.25) is 0 Å². The maximum absolute atomic E-state index is 11.9. The summed E-state index contributed by atoms with van der Waals surface area (Å²) in [5, 5.41) is 3.19. The summed E-state index contributed by atoms with van der Waals surface area (Å²) >= 11 is 0. The number of hydrogen-bond acceptors (Lipinski definition) is 4. The van der Waals surface area contributed by atoms with Gasteiger partial charge in [-0.15, -0.1) is 0 Å². The fourth-order valence-electron chi connectivity index (χ4n) is 2.01. The van der Waals surface area contributed by atoms with Crippen LogP contribution in [-0.2, 0) is 6.42 Å². The first-order valence-electron chi connectivity index (χ1n) is 5.88. The quantitative estimate of drug-likeness (QED) is 0.800. The van der Waals surface area contributed by atoms with Crippen molar-refractivity contribution in [3.05, 3.63) is 15.9 Å². The Kier molecular flexibility index (Phi) is 3.12. The fourth-order valence-corrected chi connectivity index (χ4v) is 2.01. The van der Waals surface area contributed by atoms with Crippen LogP contribution in [-0.4, -0.2) is 29.6 Å². The number of anilines is 2. The van der Waals surface area contributed by atoms with Crippen LogP contribution >= 0.6 is 0 Å². The zero-order valence-corrected chi connectivity index (χ0v) is 9.84. The standard InChI is InChI=1S/C11H18N4O/c1-3-15(4-2)11-13-9-8(10(16)14-11)6-5-7-12-9/h3-7H2,1-2H3,(H2,12,13,14,16). The summed E-state index contributed by atoms with van der Waals surface area (Å²) < 4.78 is 0. The van der Waals surface area contributed by atoms with Crippen molar-refractivity contribution in [1.29, 1.82) is 0 Å². The van der Waals surface area contributed by atoms with Gasteiger partial charge in [-0.2, -0.15) is 4.98 Å². The molecule has 88 valence electrons. The number of hydrogen-bond donors (Lipinski definition) is 2. The first-order chi connectivity index (χ1) is 7.76. The molecule has 0 aliphatic carbocycles. The summed E-state index contributed by atoms with van der Waals surface area (Å²) in [6, 6.07) is 0. The Hall–Kier alpha value is -1.52. The molecule has 2 rings (SSSR count). The predicted molar refractivity (Wildman–Crippen MR) is 65.2 cm³/mol. The van der Waals surface area contributed by atoms with Crippen LogP contribution in [0, 0.1) is 0 Å². The van der Waals surface area contributed by atoms with Crippen LogP contribution in [0.5, 0.6) is 0 Å². The van der Waals surface area contributed by atoms with E-state index in [2.05, 4.69) is 29.1 Å². The number of H-pyrrole nitrogens is 1. The van der Waals surface area contributed by atoms with Crippen molar-refractivity contribution < 1.29 is 0 Å². The number of nitrogens with one attached hydrogen (secondary N) is 2. The topological polar surface area (TPSA) is 61.0 Å². The second-order valence-electron chi connectivity index (χ2n) is 3.92. The van der Waals surface area contributed by atoms with E-state index in [1.807, 2.05) is 4.90 Å². The molecule has 0 unspecified atom stereocenters. The molecule has 0 atom stereocenters. The highest BCUT2D eigenvalue weighted by molar-refractivity contribution is 5.49. The maximum atomic E-state index is 11.9. The molecule has 1 aromatic heterocycles. The molecule has 5 nitrogen and oxygen atoms in total. The molecule has 16 heavy (non-hydrogen) atoms. The average molecular weight is 222 g/mol. The van der Waals surface area contributed by atoms with E-state index in [0.29, 0.717) is 5.95 Å². The summed E-state index contributed by atoms with van der Waals surface area (Å²) in [6.45, 7) is 6.70. The largest absolute Gasteiger partial charge is 0.370 e. The highest BCUT2D eigenvalue weighted by Crippen LogP contribution is 2.17. The molecule has 1 aromatic rings. The molecular formula is C11H18N4O. The van der Waals surface area contributed by atoms with Gasteiger partial charge < -0.3 is 10.2 Å². The van der Waals surface area contributed by atoms with E-state index in [0.717, 1.165) is 43.9 Å². The summed E-state index contributed by atoms with van der Waals surface area (Å²) in [7, 11) is 0. The minimum Gasteiger partial charge on any atom is -0.370 e. The summed E-state index contributed by atoms with van der Waals surface area (Å²) in [5.41, 5.74) is 0.793. The van der Waals surface area contributed by atoms with Crippen LogP contribution in [0.25, 0.3) is 0 Å². The van der Waals surface area contributed by atoms with Gasteiger partial charge in [0.25, 0.3) is 5.56 Å². The first-order valence-corrected chi connectivity index (χ1v) is 5.88. The van der Waals surface area contributed by atoms with Gasteiger partial charge in [0, 0.05) is 19.6 Å². The molecule has 2 N–H and O–H groups in total. The summed E-state index contributed by atoms with van der Waals surface area (Å²) in [6.07, 6.45) is 1.82. The van der Waals surface area contributed by atoms with Crippen LogP contribution in [0.15, 0.2) is 4.79 Å². The van der Waals surface area contributed by atoms with E-state index in [4.69, 9.17) is 0 Å². The zero-order valence-electron chi connectivity index (χ0n) is 9.84. The molecule has 0 fully saturated rings. The third kappa shape index (κ3) is 1.89. The van der Waals surface area contributed by atoms with Crippen molar-refractivity contribution in [3.63, 3.8) is 0 Å². The zero-order chi connectivity index (χ0) is 11.5.